The average Bonchev–Trinajstić information content (AvgIpc) is 2.63. The summed E-state index contributed by atoms with van der Waals surface area (Å²) in [5, 5.41) is 18.6. The smallest absolute Gasteiger partial charge is 0.257 e. The van der Waals surface area contributed by atoms with Gasteiger partial charge >= 0.3 is 0 Å². The standard InChI is InChI=1S/C11H12F2N2O3/c12-6-2-7(13)8(14)1-5(6)11(18)15-3-9(16)10(17)4-15/h1-2,9-10,16-17H,3-4,14H2/t9-,10+. The van der Waals surface area contributed by atoms with E-state index in [2.05, 4.69) is 0 Å². The second-order valence-corrected chi connectivity index (χ2v) is 4.20. The second-order valence-electron chi connectivity index (χ2n) is 4.20. The Hall–Kier alpha value is -1.73. The molecular formula is C11H12F2N2O3. The molecular weight excluding hydrogens is 246 g/mol. The van der Waals surface area contributed by atoms with Crippen LogP contribution in [-0.4, -0.2) is 46.3 Å². The van der Waals surface area contributed by atoms with Crippen molar-refractivity contribution in [1.29, 1.82) is 0 Å². The summed E-state index contributed by atoms with van der Waals surface area (Å²) >= 11 is 0. The van der Waals surface area contributed by atoms with Crippen molar-refractivity contribution in [2.75, 3.05) is 18.8 Å². The quantitative estimate of drug-likeness (QED) is 0.605. The lowest BCUT2D eigenvalue weighted by atomic mass is 10.1. The number of anilines is 1. The highest BCUT2D eigenvalue weighted by molar-refractivity contribution is 5.95. The van der Waals surface area contributed by atoms with E-state index < -0.39 is 29.7 Å². The molecule has 2 atom stereocenters. The molecule has 0 aliphatic carbocycles. The Morgan fingerprint density at radius 3 is 2.33 bits per heavy atom. The number of halogens is 2. The minimum atomic E-state index is -1.06. The van der Waals surface area contributed by atoms with E-state index >= 15 is 0 Å². The summed E-state index contributed by atoms with van der Waals surface area (Å²) in [6, 6.07) is 1.44. The van der Waals surface area contributed by atoms with Crippen LogP contribution in [0.3, 0.4) is 0 Å². The Balaban J connectivity index is 2.27. The van der Waals surface area contributed by atoms with Crippen molar-refractivity contribution in [2.45, 2.75) is 12.2 Å². The summed E-state index contributed by atoms with van der Waals surface area (Å²) < 4.78 is 26.4. The Morgan fingerprint density at radius 2 is 1.78 bits per heavy atom. The minimum Gasteiger partial charge on any atom is -0.396 e. The number of carbonyl (C=O) groups excluding carboxylic acids is 1. The maximum Gasteiger partial charge on any atom is 0.257 e. The first-order valence-corrected chi connectivity index (χ1v) is 5.30. The zero-order chi connectivity index (χ0) is 13.4. The number of rotatable bonds is 1. The monoisotopic (exact) mass is 258 g/mol. The van der Waals surface area contributed by atoms with Gasteiger partial charge in [0.1, 0.15) is 11.6 Å². The van der Waals surface area contributed by atoms with Crippen molar-refractivity contribution in [2.24, 2.45) is 0 Å². The molecule has 1 saturated heterocycles. The molecule has 0 unspecified atom stereocenters. The van der Waals surface area contributed by atoms with Gasteiger partial charge in [-0.25, -0.2) is 8.78 Å². The molecule has 1 amide bonds. The molecule has 5 nitrogen and oxygen atoms in total. The van der Waals surface area contributed by atoms with E-state index in [0.717, 1.165) is 11.0 Å². The van der Waals surface area contributed by atoms with Crippen molar-refractivity contribution in [3.8, 4) is 0 Å². The van der Waals surface area contributed by atoms with Crippen molar-refractivity contribution < 1.29 is 23.8 Å². The predicted molar refractivity (Wildman–Crippen MR) is 58.7 cm³/mol. The summed E-state index contributed by atoms with van der Waals surface area (Å²) in [7, 11) is 0. The first kappa shape index (κ1) is 12.7. The van der Waals surface area contributed by atoms with Crippen molar-refractivity contribution in [3.63, 3.8) is 0 Å². The van der Waals surface area contributed by atoms with Crippen LogP contribution < -0.4 is 5.73 Å². The molecule has 1 aromatic carbocycles. The van der Waals surface area contributed by atoms with Crippen LogP contribution in [0, 0.1) is 11.6 Å². The lowest BCUT2D eigenvalue weighted by Gasteiger charge is -2.16. The number of amides is 1. The number of hydrogen-bond acceptors (Lipinski definition) is 4. The molecule has 0 radical (unpaired) electrons. The van der Waals surface area contributed by atoms with E-state index in [1.54, 1.807) is 0 Å². The van der Waals surface area contributed by atoms with Gasteiger partial charge in [-0.3, -0.25) is 4.79 Å². The molecule has 0 spiro atoms. The zero-order valence-electron chi connectivity index (χ0n) is 9.31. The maximum atomic E-state index is 13.5. The van der Waals surface area contributed by atoms with Gasteiger partial charge in [0.05, 0.1) is 23.5 Å². The van der Waals surface area contributed by atoms with Crippen LogP contribution in [0.4, 0.5) is 14.5 Å². The van der Waals surface area contributed by atoms with E-state index in [0.29, 0.717) is 6.07 Å². The van der Waals surface area contributed by atoms with E-state index in [1.807, 2.05) is 0 Å². The summed E-state index contributed by atoms with van der Waals surface area (Å²) in [5.74, 6) is -2.71. The molecule has 7 heteroatoms. The number of nitrogens with two attached hydrogens (primary N) is 1. The van der Waals surface area contributed by atoms with Gasteiger partial charge in [0.15, 0.2) is 0 Å². The van der Waals surface area contributed by atoms with E-state index in [1.165, 1.54) is 0 Å². The van der Waals surface area contributed by atoms with Crippen LogP contribution in [-0.2, 0) is 0 Å². The number of hydrogen-bond donors (Lipinski definition) is 3. The Kier molecular flexibility index (Phi) is 3.18. The van der Waals surface area contributed by atoms with Crippen LogP contribution in [0.5, 0.6) is 0 Å². The summed E-state index contributed by atoms with van der Waals surface area (Å²) in [6.07, 6.45) is -2.12. The van der Waals surface area contributed by atoms with Gasteiger partial charge in [-0.15, -0.1) is 0 Å². The molecule has 1 aliphatic rings. The third-order valence-corrected chi connectivity index (χ3v) is 2.86. The van der Waals surface area contributed by atoms with Crippen LogP contribution >= 0.6 is 0 Å². The van der Waals surface area contributed by atoms with Gasteiger partial charge in [-0.05, 0) is 6.07 Å². The zero-order valence-corrected chi connectivity index (χ0v) is 9.31. The first-order chi connectivity index (χ1) is 8.40. The number of nitrogen functional groups attached to an aromatic ring is 1. The number of aliphatic hydroxyl groups excluding tert-OH is 2. The number of β-amino-alcohol motifs (C(OH)–C–C–N with tert-alkyl or cyclic N) is 2. The Morgan fingerprint density at radius 1 is 1.22 bits per heavy atom. The molecule has 0 saturated carbocycles. The fourth-order valence-electron chi connectivity index (χ4n) is 1.84. The Bertz CT molecular complexity index is 485. The van der Waals surface area contributed by atoms with Crippen molar-refractivity contribution in [1.82, 2.24) is 4.90 Å². The van der Waals surface area contributed by atoms with Gasteiger partial charge in [0.2, 0.25) is 0 Å². The fraction of sp³-hybridized carbons (Fsp3) is 0.364. The summed E-state index contributed by atoms with van der Waals surface area (Å²) in [6.45, 7) is -0.201. The third-order valence-electron chi connectivity index (χ3n) is 2.86. The molecule has 2 rings (SSSR count). The van der Waals surface area contributed by atoms with Crippen LogP contribution in [0.15, 0.2) is 12.1 Å². The van der Waals surface area contributed by atoms with Crippen LogP contribution in [0.25, 0.3) is 0 Å². The third kappa shape index (κ3) is 2.14. The van der Waals surface area contributed by atoms with E-state index in [9.17, 15) is 23.8 Å². The van der Waals surface area contributed by atoms with E-state index in [4.69, 9.17) is 5.73 Å². The van der Waals surface area contributed by atoms with Crippen molar-refractivity contribution >= 4 is 11.6 Å². The van der Waals surface area contributed by atoms with Gasteiger partial charge < -0.3 is 20.8 Å². The largest absolute Gasteiger partial charge is 0.396 e. The van der Waals surface area contributed by atoms with Gasteiger partial charge in [-0.2, -0.15) is 0 Å². The number of aliphatic hydroxyl groups is 2. The van der Waals surface area contributed by atoms with Crippen LogP contribution in [0.2, 0.25) is 0 Å². The van der Waals surface area contributed by atoms with Gasteiger partial charge in [-0.1, -0.05) is 0 Å². The topological polar surface area (TPSA) is 86.8 Å². The van der Waals surface area contributed by atoms with Gasteiger partial charge in [0, 0.05) is 19.2 Å². The number of likely N-dealkylation sites (tertiary alicyclic amines) is 1. The molecule has 0 bridgehead atoms. The normalized spacial score (nSPS) is 23.4. The predicted octanol–water partition coefficient (Wildman–Crippen LogP) is -0.275. The Labute approximate surface area is 101 Å². The highest BCUT2D eigenvalue weighted by Gasteiger charge is 2.34. The number of carbonyl (C=O) groups is 1. The summed E-state index contributed by atoms with van der Waals surface area (Å²) in [4.78, 5) is 13.0. The molecule has 4 N–H and O–H groups in total. The summed E-state index contributed by atoms with van der Waals surface area (Å²) in [5.41, 5.74) is 4.56. The minimum absolute atomic E-state index is 0.100. The van der Waals surface area contributed by atoms with Gasteiger partial charge in [0.25, 0.3) is 5.91 Å². The second kappa shape index (κ2) is 4.51. The number of nitrogens with zero attached hydrogens (tertiary/aromatic N) is 1. The van der Waals surface area contributed by atoms with Crippen molar-refractivity contribution in [3.05, 3.63) is 29.3 Å². The van der Waals surface area contributed by atoms with E-state index in [-0.39, 0.29) is 24.3 Å². The molecule has 0 aromatic heterocycles. The molecule has 1 fully saturated rings. The molecule has 1 aromatic rings. The number of benzene rings is 1. The molecule has 18 heavy (non-hydrogen) atoms. The average molecular weight is 258 g/mol. The fourth-order valence-corrected chi connectivity index (χ4v) is 1.84. The molecule has 1 heterocycles. The highest BCUT2D eigenvalue weighted by Crippen LogP contribution is 2.20. The maximum absolute atomic E-state index is 13.5. The van der Waals surface area contributed by atoms with Crippen LogP contribution in [0.1, 0.15) is 10.4 Å². The highest BCUT2D eigenvalue weighted by atomic mass is 19.1. The molecule has 1 aliphatic heterocycles. The lowest BCUT2D eigenvalue weighted by Crippen LogP contribution is -2.30. The first-order valence-electron chi connectivity index (χ1n) is 5.30. The molecule has 98 valence electrons. The SMILES string of the molecule is Nc1cc(C(=O)N2C[C@@H](O)[C@@H](O)C2)c(F)cc1F. The lowest BCUT2D eigenvalue weighted by molar-refractivity contribution is 0.0572.